The van der Waals surface area contributed by atoms with Gasteiger partial charge in [0.05, 0.1) is 6.10 Å². The van der Waals surface area contributed by atoms with E-state index in [9.17, 15) is 14.7 Å². The summed E-state index contributed by atoms with van der Waals surface area (Å²) in [6.45, 7) is 1.80. The van der Waals surface area contributed by atoms with Gasteiger partial charge < -0.3 is 15.1 Å². The molecule has 0 radical (unpaired) electrons. The van der Waals surface area contributed by atoms with Crippen molar-refractivity contribution in [3.63, 3.8) is 0 Å². The molecular formula is C9H15NO4S. The van der Waals surface area contributed by atoms with Crippen molar-refractivity contribution in [2.24, 2.45) is 5.92 Å². The van der Waals surface area contributed by atoms with E-state index in [-0.39, 0.29) is 24.8 Å². The van der Waals surface area contributed by atoms with E-state index in [2.05, 4.69) is 12.6 Å². The summed E-state index contributed by atoms with van der Waals surface area (Å²) in [6.07, 6.45) is -0.623. The van der Waals surface area contributed by atoms with Gasteiger partial charge in [0.2, 0.25) is 5.91 Å². The Bertz CT molecular complexity index is 271. The maximum absolute atomic E-state index is 11.7. The first-order valence-corrected chi connectivity index (χ1v) is 5.42. The summed E-state index contributed by atoms with van der Waals surface area (Å²) in [4.78, 5) is 23.8. The third kappa shape index (κ3) is 2.63. The van der Waals surface area contributed by atoms with E-state index < -0.39 is 18.1 Å². The van der Waals surface area contributed by atoms with E-state index in [0.717, 1.165) is 0 Å². The van der Waals surface area contributed by atoms with Crippen molar-refractivity contribution in [1.29, 1.82) is 0 Å². The number of β-amino-alcohol motifs (C(OH)–C–C–N with tert-alkyl or cyclic N) is 1. The van der Waals surface area contributed by atoms with Crippen LogP contribution in [-0.2, 0) is 9.59 Å². The van der Waals surface area contributed by atoms with Gasteiger partial charge in [-0.1, -0.05) is 6.92 Å². The first kappa shape index (κ1) is 12.3. The highest BCUT2D eigenvalue weighted by Crippen LogP contribution is 2.20. The zero-order chi connectivity index (χ0) is 11.6. The second-order valence-electron chi connectivity index (χ2n) is 3.82. The smallest absolute Gasteiger partial charge is 0.326 e. The molecule has 5 nitrogen and oxygen atoms in total. The number of hydrogen-bond donors (Lipinski definition) is 3. The first-order valence-electron chi connectivity index (χ1n) is 4.79. The minimum atomic E-state index is -1.06. The van der Waals surface area contributed by atoms with Crippen LogP contribution in [0.4, 0.5) is 0 Å². The summed E-state index contributed by atoms with van der Waals surface area (Å²) in [5.41, 5.74) is 0. The van der Waals surface area contributed by atoms with Crippen LogP contribution in [0.5, 0.6) is 0 Å². The fraction of sp³-hybridized carbons (Fsp3) is 0.778. The van der Waals surface area contributed by atoms with Gasteiger partial charge in [0.1, 0.15) is 6.04 Å². The van der Waals surface area contributed by atoms with E-state index in [4.69, 9.17) is 5.11 Å². The average Bonchev–Trinajstić information content (AvgIpc) is 2.58. The van der Waals surface area contributed by atoms with Crippen LogP contribution in [-0.4, -0.2) is 51.4 Å². The predicted octanol–water partition coefficient (Wildman–Crippen LogP) is -0.401. The lowest BCUT2D eigenvalue weighted by Crippen LogP contribution is -2.43. The van der Waals surface area contributed by atoms with Gasteiger partial charge in [-0.3, -0.25) is 4.79 Å². The summed E-state index contributed by atoms with van der Waals surface area (Å²) in [5.74, 6) is -1.27. The molecule has 2 N–H and O–H groups in total. The number of aliphatic hydroxyl groups is 1. The Morgan fingerprint density at radius 1 is 1.60 bits per heavy atom. The van der Waals surface area contributed by atoms with Gasteiger partial charge >= 0.3 is 5.97 Å². The van der Waals surface area contributed by atoms with Crippen LogP contribution in [0.3, 0.4) is 0 Å². The monoisotopic (exact) mass is 233 g/mol. The molecular weight excluding hydrogens is 218 g/mol. The van der Waals surface area contributed by atoms with Gasteiger partial charge in [0.25, 0.3) is 0 Å². The highest BCUT2D eigenvalue weighted by molar-refractivity contribution is 7.80. The topological polar surface area (TPSA) is 77.8 Å². The van der Waals surface area contributed by atoms with Gasteiger partial charge in [-0.15, -0.1) is 0 Å². The number of aliphatic hydroxyl groups excluding tert-OH is 1. The van der Waals surface area contributed by atoms with Crippen molar-refractivity contribution < 1.29 is 19.8 Å². The lowest BCUT2D eigenvalue weighted by molar-refractivity contribution is -0.149. The molecule has 1 aliphatic rings. The van der Waals surface area contributed by atoms with E-state index in [1.54, 1.807) is 6.92 Å². The van der Waals surface area contributed by atoms with E-state index in [0.29, 0.717) is 5.75 Å². The minimum absolute atomic E-state index is 0.105. The van der Waals surface area contributed by atoms with Crippen LogP contribution in [0, 0.1) is 5.92 Å². The van der Waals surface area contributed by atoms with Crippen LogP contribution in [0.25, 0.3) is 0 Å². The van der Waals surface area contributed by atoms with Crippen LogP contribution >= 0.6 is 12.6 Å². The number of carboxylic acids is 1. The number of carbonyl (C=O) groups is 2. The molecule has 0 saturated carbocycles. The summed E-state index contributed by atoms with van der Waals surface area (Å²) in [7, 11) is 0. The van der Waals surface area contributed by atoms with Gasteiger partial charge in [-0.05, 0) is 0 Å². The SMILES string of the molecule is C[C@H](CS)C(=O)N1C[C@H](O)C[C@H]1C(=O)O. The minimum Gasteiger partial charge on any atom is -0.480 e. The van der Waals surface area contributed by atoms with Crippen LogP contribution in [0.15, 0.2) is 0 Å². The second kappa shape index (κ2) is 4.85. The van der Waals surface area contributed by atoms with Crippen molar-refractivity contribution in [2.75, 3.05) is 12.3 Å². The quantitative estimate of drug-likeness (QED) is 0.580. The highest BCUT2D eigenvalue weighted by atomic mass is 32.1. The Morgan fingerprint density at radius 2 is 2.20 bits per heavy atom. The summed E-state index contributed by atoms with van der Waals surface area (Å²) < 4.78 is 0. The van der Waals surface area contributed by atoms with Crippen molar-refractivity contribution in [2.45, 2.75) is 25.5 Å². The number of nitrogens with zero attached hydrogens (tertiary/aromatic N) is 1. The molecule has 86 valence electrons. The molecule has 0 bridgehead atoms. The number of thiol groups is 1. The Kier molecular flexibility index (Phi) is 3.98. The van der Waals surface area contributed by atoms with Gasteiger partial charge in [0.15, 0.2) is 0 Å². The molecule has 3 atom stereocenters. The molecule has 0 aromatic heterocycles. The first-order chi connectivity index (χ1) is 6.97. The molecule has 0 aliphatic carbocycles. The molecule has 0 unspecified atom stereocenters. The zero-order valence-corrected chi connectivity index (χ0v) is 9.35. The molecule has 1 heterocycles. The molecule has 1 aliphatic heterocycles. The summed E-state index contributed by atoms with van der Waals surface area (Å²) >= 11 is 3.99. The molecule has 1 saturated heterocycles. The fourth-order valence-electron chi connectivity index (χ4n) is 1.65. The maximum Gasteiger partial charge on any atom is 0.326 e. The van der Waals surface area contributed by atoms with E-state index in [1.807, 2.05) is 0 Å². The van der Waals surface area contributed by atoms with Crippen molar-refractivity contribution in [3.05, 3.63) is 0 Å². The molecule has 1 amide bonds. The van der Waals surface area contributed by atoms with Crippen molar-refractivity contribution >= 4 is 24.5 Å². The second-order valence-corrected chi connectivity index (χ2v) is 4.18. The van der Waals surface area contributed by atoms with Crippen molar-refractivity contribution in [3.8, 4) is 0 Å². The molecule has 0 aromatic rings. The molecule has 6 heteroatoms. The Hall–Kier alpha value is -0.750. The standard InChI is InChI=1S/C9H15NO4S/c1-5(4-15)8(12)10-3-6(11)2-7(10)9(13)14/h5-7,11,15H,2-4H2,1H3,(H,13,14)/t5-,6-,7+/m1/s1. The largest absolute Gasteiger partial charge is 0.480 e. The number of likely N-dealkylation sites (tertiary alicyclic amines) is 1. The van der Waals surface area contributed by atoms with Crippen LogP contribution in [0.1, 0.15) is 13.3 Å². The zero-order valence-electron chi connectivity index (χ0n) is 8.46. The van der Waals surface area contributed by atoms with E-state index >= 15 is 0 Å². The van der Waals surface area contributed by atoms with Crippen molar-refractivity contribution in [1.82, 2.24) is 4.90 Å². The lowest BCUT2D eigenvalue weighted by atomic mass is 10.1. The number of carbonyl (C=O) groups excluding carboxylic acids is 1. The fourth-order valence-corrected chi connectivity index (χ4v) is 1.81. The Morgan fingerprint density at radius 3 is 2.67 bits per heavy atom. The Balaban J connectivity index is 2.75. The number of hydrogen-bond acceptors (Lipinski definition) is 4. The van der Waals surface area contributed by atoms with E-state index in [1.165, 1.54) is 4.90 Å². The van der Waals surface area contributed by atoms with Gasteiger partial charge in [0, 0.05) is 24.6 Å². The average molecular weight is 233 g/mol. The molecule has 0 spiro atoms. The summed E-state index contributed by atoms with van der Waals surface area (Å²) in [6, 6.07) is -0.894. The lowest BCUT2D eigenvalue weighted by Gasteiger charge is -2.23. The third-order valence-corrected chi connectivity index (χ3v) is 3.09. The number of amides is 1. The number of rotatable bonds is 3. The maximum atomic E-state index is 11.7. The number of carboxylic acid groups (broad SMARTS) is 1. The summed E-state index contributed by atoms with van der Waals surface area (Å²) in [5, 5.41) is 18.2. The van der Waals surface area contributed by atoms with Gasteiger partial charge in [-0.25, -0.2) is 4.79 Å². The molecule has 0 aromatic carbocycles. The Labute approximate surface area is 93.5 Å². The van der Waals surface area contributed by atoms with Crippen LogP contribution < -0.4 is 0 Å². The third-order valence-electron chi connectivity index (χ3n) is 2.54. The highest BCUT2D eigenvalue weighted by Gasteiger charge is 2.39. The number of aliphatic carboxylic acids is 1. The molecule has 1 fully saturated rings. The molecule has 15 heavy (non-hydrogen) atoms. The predicted molar refractivity (Wildman–Crippen MR) is 56.8 cm³/mol. The van der Waals surface area contributed by atoms with Gasteiger partial charge in [-0.2, -0.15) is 12.6 Å². The normalized spacial score (nSPS) is 27.8. The van der Waals surface area contributed by atoms with Crippen LogP contribution in [0.2, 0.25) is 0 Å². The molecule has 1 rings (SSSR count).